The van der Waals surface area contributed by atoms with Crippen LogP contribution >= 0.6 is 0 Å². The second kappa shape index (κ2) is 5.87. The topological polar surface area (TPSA) is 68.1 Å². The number of aliphatic hydroxyl groups excluding tert-OH is 1. The maximum Gasteiger partial charge on any atom is 0.358 e. The summed E-state index contributed by atoms with van der Waals surface area (Å²) in [4.78, 5) is 15.8. The van der Waals surface area contributed by atoms with Gasteiger partial charge in [-0.3, -0.25) is 0 Å². The van der Waals surface area contributed by atoms with E-state index in [9.17, 15) is 9.90 Å². The summed E-state index contributed by atoms with van der Waals surface area (Å²) >= 11 is 0. The predicted octanol–water partition coefficient (Wildman–Crippen LogP) is 0.895. The molecule has 16 heavy (non-hydrogen) atoms. The number of ether oxygens (including phenoxy) is 1. The minimum Gasteiger partial charge on any atom is -0.464 e. The summed E-state index contributed by atoms with van der Waals surface area (Å²) in [5.74, 6) is -0.724. The molecule has 0 saturated carbocycles. The maximum absolute atomic E-state index is 11.3. The zero-order chi connectivity index (χ0) is 12.0. The Balaban J connectivity index is 2.97. The van der Waals surface area contributed by atoms with E-state index in [-0.39, 0.29) is 5.71 Å². The van der Waals surface area contributed by atoms with Crippen LogP contribution in [0.3, 0.4) is 0 Å². The van der Waals surface area contributed by atoms with Gasteiger partial charge in [0.25, 0.3) is 0 Å². The Morgan fingerprint density at radius 1 is 1.31 bits per heavy atom. The number of carbonyl (C=O) groups is 1. The summed E-state index contributed by atoms with van der Waals surface area (Å²) in [7, 11) is 2.51. The molecule has 0 heterocycles. The first-order chi connectivity index (χ1) is 7.70. The van der Waals surface area contributed by atoms with Crippen LogP contribution < -0.4 is 0 Å². The number of hydrogen-bond donors (Lipinski definition) is 1. The van der Waals surface area contributed by atoms with Crippen molar-refractivity contribution in [2.24, 2.45) is 5.16 Å². The van der Waals surface area contributed by atoms with E-state index in [1.165, 1.54) is 14.2 Å². The standard InChI is InChI=1S/C11H13NO4/c1-15-11(14)9(12-16-2)10(13)8-6-4-3-5-7-8/h3-7,10,13H,1-2H3/b12-9-. The molecule has 1 N–H and O–H groups in total. The number of aliphatic hydroxyl groups is 1. The molecule has 0 fully saturated rings. The first-order valence-electron chi connectivity index (χ1n) is 4.63. The van der Waals surface area contributed by atoms with E-state index in [1.54, 1.807) is 24.3 Å². The van der Waals surface area contributed by atoms with Gasteiger partial charge in [0, 0.05) is 0 Å². The summed E-state index contributed by atoms with van der Waals surface area (Å²) in [6.45, 7) is 0. The molecule has 1 atom stereocenters. The van der Waals surface area contributed by atoms with E-state index in [1.807, 2.05) is 6.07 Å². The summed E-state index contributed by atoms with van der Waals surface area (Å²) in [6, 6.07) is 8.67. The van der Waals surface area contributed by atoms with Crippen molar-refractivity contribution in [2.75, 3.05) is 14.2 Å². The molecular formula is C11H13NO4. The van der Waals surface area contributed by atoms with Crippen LogP contribution in [0, 0.1) is 0 Å². The highest BCUT2D eigenvalue weighted by atomic mass is 16.6. The zero-order valence-electron chi connectivity index (χ0n) is 9.08. The van der Waals surface area contributed by atoms with Crippen LogP contribution in [0.2, 0.25) is 0 Å². The average Bonchev–Trinajstić information content (AvgIpc) is 2.35. The minimum atomic E-state index is -1.16. The number of oxime groups is 1. The molecule has 0 aliphatic heterocycles. The van der Waals surface area contributed by atoms with E-state index in [0.717, 1.165) is 0 Å². The van der Waals surface area contributed by atoms with Gasteiger partial charge in [0.2, 0.25) is 0 Å². The van der Waals surface area contributed by atoms with Gasteiger partial charge in [0.05, 0.1) is 7.11 Å². The zero-order valence-corrected chi connectivity index (χ0v) is 9.08. The number of carbonyl (C=O) groups excluding carboxylic acids is 1. The predicted molar refractivity (Wildman–Crippen MR) is 57.9 cm³/mol. The highest BCUT2D eigenvalue weighted by Gasteiger charge is 2.24. The van der Waals surface area contributed by atoms with Crippen molar-refractivity contribution in [3.63, 3.8) is 0 Å². The summed E-state index contributed by atoms with van der Waals surface area (Å²) < 4.78 is 4.50. The molecular weight excluding hydrogens is 210 g/mol. The van der Waals surface area contributed by atoms with Crippen molar-refractivity contribution in [3.8, 4) is 0 Å². The Hall–Kier alpha value is -1.88. The Bertz CT molecular complexity index is 375. The van der Waals surface area contributed by atoms with Gasteiger partial charge in [-0.2, -0.15) is 0 Å². The monoisotopic (exact) mass is 223 g/mol. The Labute approximate surface area is 93.3 Å². The lowest BCUT2D eigenvalue weighted by Gasteiger charge is -2.11. The van der Waals surface area contributed by atoms with Crippen LogP contribution in [-0.2, 0) is 14.4 Å². The van der Waals surface area contributed by atoms with Crippen LogP contribution in [0.1, 0.15) is 11.7 Å². The van der Waals surface area contributed by atoms with Gasteiger partial charge in [-0.1, -0.05) is 35.5 Å². The summed E-state index contributed by atoms with van der Waals surface area (Å²) in [6.07, 6.45) is -1.16. The van der Waals surface area contributed by atoms with Crippen molar-refractivity contribution in [2.45, 2.75) is 6.10 Å². The third-order valence-electron chi connectivity index (χ3n) is 1.96. The van der Waals surface area contributed by atoms with Crippen LogP contribution in [0.4, 0.5) is 0 Å². The van der Waals surface area contributed by atoms with Gasteiger partial charge in [-0.15, -0.1) is 0 Å². The van der Waals surface area contributed by atoms with Gasteiger partial charge in [0.15, 0.2) is 5.71 Å². The number of nitrogens with zero attached hydrogens (tertiary/aromatic N) is 1. The van der Waals surface area contributed by atoms with Crippen LogP contribution in [0.15, 0.2) is 35.5 Å². The van der Waals surface area contributed by atoms with Crippen molar-refractivity contribution in [1.29, 1.82) is 0 Å². The third-order valence-corrected chi connectivity index (χ3v) is 1.96. The summed E-state index contributed by atoms with van der Waals surface area (Å²) in [5.41, 5.74) is 0.361. The van der Waals surface area contributed by atoms with E-state index in [2.05, 4.69) is 14.7 Å². The van der Waals surface area contributed by atoms with Gasteiger partial charge in [0.1, 0.15) is 13.2 Å². The van der Waals surface area contributed by atoms with E-state index >= 15 is 0 Å². The van der Waals surface area contributed by atoms with E-state index in [0.29, 0.717) is 5.56 Å². The fourth-order valence-electron chi connectivity index (χ4n) is 1.19. The van der Waals surface area contributed by atoms with Gasteiger partial charge >= 0.3 is 5.97 Å². The summed E-state index contributed by atoms with van der Waals surface area (Å²) in [5, 5.41) is 13.4. The Morgan fingerprint density at radius 3 is 2.44 bits per heavy atom. The third kappa shape index (κ3) is 2.80. The number of benzene rings is 1. The molecule has 1 unspecified atom stereocenters. The van der Waals surface area contributed by atoms with E-state index in [4.69, 9.17) is 0 Å². The molecule has 86 valence electrons. The normalized spacial score (nSPS) is 13.1. The van der Waals surface area contributed by atoms with Crippen LogP contribution in [0.25, 0.3) is 0 Å². The van der Waals surface area contributed by atoms with Crippen LogP contribution in [-0.4, -0.2) is 31.0 Å². The first-order valence-corrected chi connectivity index (χ1v) is 4.63. The van der Waals surface area contributed by atoms with Crippen molar-refractivity contribution < 1.29 is 19.5 Å². The Kier molecular flexibility index (Phi) is 4.47. The lowest BCUT2D eigenvalue weighted by molar-refractivity contribution is -0.133. The molecule has 0 spiro atoms. The fourth-order valence-corrected chi connectivity index (χ4v) is 1.19. The highest BCUT2D eigenvalue weighted by molar-refractivity contribution is 6.37. The molecule has 0 bridgehead atoms. The molecule has 1 rings (SSSR count). The van der Waals surface area contributed by atoms with E-state index < -0.39 is 12.1 Å². The largest absolute Gasteiger partial charge is 0.464 e. The van der Waals surface area contributed by atoms with Gasteiger partial charge < -0.3 is 14.7 Å². The second-order valence-electron chi connectivity index (χ2n) is 2.96. The molecule has 5 heteroatoms. The van der Waals surface area contributed by atoms with Crippen molar-refractivity contribution in [1.82, 2.24) is 0 Å². The molecule has 0 amide bonds. The fraction of sp³-hybridized carbons (Fsp3) is 0.273. The molecule has 1 aromatic carbocycles. The molecule has 0 aliphatic rings. The quantitative estimate of drug-likeness (QED) is 0.467. The van der Waals surface area contributed by atoms with Gasteiger partial charge in [-0.25, -0.2) is 4.79 Å². The average molecular weight is 223 g/mol. The smallest absolute Gasteiger partial charge is 0.358 e. The van der Waals surface area contributed by atoms with Crippen molar-refractivity contribution in [3.05, 3.63) is 35.9 Å². The molecule has 0 aromatic heterocycles. The minimum absolute atomic E-state index is 0.184. The molecule has 0 saturated heterocycles. The maximum atomic E-state index is 11.3. The molecule has 1 aromatic rings. The Morgan fingerprint density at radius 2 is 1.94 bits per heavy atom. The second-order valence-corrected chi connectivity index (χ2v) is 2.96. The van der Waals surface area contributed by atoms with Gasteiger partial charge in [-0.05, 0) is 5.56 Å². The lowest BCUT2D eigenvalue weighted by atomic mass is 10.1. The highest BCUT2D eigenvalue weighted by Crippen LogP contribution is 2.15. The number of methoxy groups -OCH3 is 1. The lowest BCUT2D eigenvalue weighted by Crippen LogP contribution is -2.24. The molecule has 0 aliphatic carbocycles. The molecule has 0 radical (unpaired) electrons. The number of rotatable bonds is 4. The van der Waals surface area contributed by atoms with Crippen molar-refractivity contribution >= 4 is 11.7 Å². The number of esters is 1. The SMILES string of the molecule is CO/N=C(\C(=O)OC)C(O)c1ccccc1. The number of hydrogen-bond acceptors (Lipinski definition) is 5. The molecule has 5 nitrogen and oxygen atoms in total. The van der Waals surface area contributed by atoms with Crippen LogP contribution in [0.5, 0.6) is 0 Å². The first kappa shape index (κ1) is 12.2.